The molecule has 4 aromatic rings. The van der Waals surface area contributed by atoms with Crippen molar-refractivity contribution in [3.63, 3.8) is 0 Å². The van der Waals surface area contributed by atoms with Crippen molar-refractivity contribution in [2.45, 2.75) is 28.1 Å². The van der Waals surface area contributed by atoms with Gasteiger partial charge in [-0.05, 0) is 23.8 Å². The average molecular weight is 795 g/mol. The van der Waals surface area contributed by atoms with Crippen molar-refractivity contribution in [2.75, 3.05) is 36.2 Å². The zero-order valence-corrected chi connectivity index (χ0v) is 32.4. The van der Waals surface area contributed by atoms with E-state index in [4.69, 9.17) is 20.1 Å². The molecule has 0 spiro atoms. The number of aliphatic carboxylic acids is 1. The Balaban J connectivity index is 0.00000523. The third kappa shape index (κ3) is 9.02. The molecule has 2 aliphatic heterocycles. The zero-order chi connectivity index (χ0) is 36.1. The molecule has 0 radical (unpaired) electrons. The molecule has 2 atom stereocenters. The predicted molar refractivity (Wildman–Crippen MR) is 184 cm³/mol. The molecule has 52 heavy (non-hydrogen) atoms. The molecule has 0 saturated carbocycles. The van der Waals surface area contributed by atoms with Crippen molar-refractivity contribution in [2.24, 2.45) is 10.1 Å². The third-order valence-electron chi connectivity index (χ3n) is 7.25. The molecule has 3 aromatic heterocycles. The number of thiazole rings is 1. The maximum Gasteiger partial charge on any atom is 1.00 e. The van der Waals surface area contributed by atoms with E-state index in [1.165, 1.54) is 47.1 Å². The molecule has 1 fully saturated rings. The van der Waals surface area contributed by atoms with Crippen molar-refractivity contribution in [1.29, 1.82) is 0 Å². The number of phenols is 2. The van der Waals surface area contributed by atoms with E-state index >= 15 is 0 Å². The van der Waals surface area contributed by atoms with Gasteiger partial charge in [0.25, 0.3) is 11.1 Å². The minimum Gasteiger partial charge on any atom is -0.857 e. The second-order valence-corrected chi connectivity index (χ2v) is 14.7. The largest absolute Gasteiger partial charge is 1.00 e. The van der Waals surface area contributed by atoms with E-state index in [0.29, 0.717) is 23.4 Å². The summed E-state index contributed by atoms with van der Waals surface area (Å²) >= 11 is 4.89. The van der Waals surface area contributed by atoms with E-state index < -0.39 is 29.2 Å². The van der Waals surface area contributed by atoms with Gasteiger partial charge in [0.1, 0.15) is 30.0 Å². The summed E-state index contributed by atoms with van der Waals surface area (Å²) < 4.78 is 7.38. The monoisotopic (exact) mass is 794 g/mol. The maximum atomic E-state index is 13.4. The number of carboxylic acids is 1. The Morgan fingerprint density at radius 2 is 1.96 bits per heavy atom. The number of aliphatic hydroxyl groups excluding tert-OH is 1. The number of phenolic OH excluding ortho intramolecular Hbond substituents is 2. The molecule has 5 N–H and O–H groups in total. The number of hydrogen-bond acceptors (Lipinski definition) is 19. The smallest absolute Gasteiger partial charge is 0.857 e. The fourth-order valence-corrected chi connectivity index (χ4v) is 8.29. The first-order valence-electron chi connectivity index (χ1n) is 14.9. The van der Waals surface area contributed by atoms with Crippen LogP contribution in [-0.4, -0.2) is 101 Å². The fourth-order valence-electron chi connectivity index (χ4n) is 4.82. The predicted octanol–water partition coefficient (Wildman–Crippen LogP) is -3.18. The average Bonchev–Trinajstić information content (AvgIpc) is 3.78. The number of amides is 1. The van der Waals surface area contributed by atoms with Gasteiger partial charge in [0.2, 0.25) is 5.89 Å². The van der Waals surface area contributed by atoms with Gasteiger partial charge in [0, 0.05) is 51.1 Å². The number of aromatic hydroxyl groups is 2. The number of rotatable bonds is 15. The topological polar surface area (TPSA) is 260 Å². The van der Waals surface area contributed by atoms with Crippen LogP contribution in [0.5, 0.6) is 11.5 Å². The summed E-state index contributed by atoms with van der Waals surface area (Å²) in [4.78, 5) is 41.0. The van der Waals surface area contributed by atoms with Crippen molar-refractivity contribution in [3.8, 4) is 23.0 Å². The minimum atomic E-state index is -1.49. The molecule has 0 bridgehead atoms. The van der Waals surface area contributed by atoms with E-state index in [9.17, 15) is 30.0 Å². The minimum absolute atomic E-state index is 0. The first-order chi connectivity index (χ1) is 24.6. The summed E-state index contributed by atoms with van der Waals surface area (Å²) in [5.74, 6) is -2.70. The number of aliphatic imine (C=N–C) groups is 1. The number of nitrogens with zero attached hydrogens (tertiary/aromatic N) is 7. The van der Waals surface area contributed by atoms with Gasteiger partial charge in [-0.2, -0.15) is 0 Å². The summed E-state index contributed by atoms with van der Waals surface area (Å²) in [5, 5.41) is 66.8. The molecule has 17 nitrogen and oxygen atoms in total. The molecule has 0 unspecified atom stereocenters. The van der Waals surface area contributed by atoms with E-state index in [0.717, 1.165) is 32.9 Å². The number of aliphatic hydroxyl groups is 1. The standard InChI is InChI=1S/C30H28N8O9S4.Na/c31-29-32-18(14-51-29)21(36-46-9-10-48-30-35-34-25(47-30)15-1-2-19(40)20(41)11-15)24(42)33-22-26(43)38-23(28(44)45)16(13-50-27(22)38)12-49-17-3-5-37(6-4-17)7-8-39;/h1-6,11,14,22,27,39H,7-10,12-13H2,(H5-,31,32,33,34,36,40,41,42,44,45);/q;+1/p-1/t22-,27-;/m1./s1. The Labute approximate surface area is 334 Å². The Morgan fingerprint density at radius 3 is 2.65 bits per heavy atom. The van der Waals surface area contributed by atoms with Crippen LogP contribution in [0.25, 0.3) is 11.5 Å². The number of anilines is 1. The summed E-state index contributed by atoms with van der Waals surface area (Å²) in [6.45, 7) is 0.443. The number of thioether (sulfide) groups is 3. The first-order valence-corrected chi connectivity index (χ1v) is 18.8. The van der Waals surface area contributed by atoms with Crippen LogP contribution in [0.15, 0.2) is 84.1 Å². The van der Waals surface area contributed by atoms with Crippen LogP contribution in [0.3, 0.4) is 0 Å². The molecule has 266 valence electrons. The number of nitrogens with two attached hydrogens (primary N) is 1. The molecule has 1 aromatic carbocycles. The quantitative estimate of drug-likeness (QED) is 0.0106. The molecule has 1 amide bonds. The zero-order valence-electron chi connectivity index (χ0n) is 27.1. The number of nitrogen functional groups attached to an aromatic ring is 1. The summed E-state index contributed by atoms with van der Waals surface area (Å²) in [6.07, 6.45) is 3.62. The van der Waals surface area contributed by atoms with Crippen molar-refractivity contribution >= 4 is 75.2 Å². The number of carbonyl (C=O) groups is 2. The molecule has 0 aliphatic carbocycles. The van der Waals surface area contributed by atoms with Crippen LogP contribution in [0.1, 0.15) is 5.69 Å². The molecular weight excluding hydrogens is 768 g/mol. The second kappa shape index (κ2) is 17.8. The SMILES string of the molecule is Nc1nc(/C(=N/OCCSc2nnc(-c3ccc(O)c(O)c3)o2)C([O-])=N[C@@H]2C(=O)N3C(C(=O)[O-])=C(CSc4cc[n+](CCO)cc4)CS[C@H]23)cs1.[Na+]. The number of aromatic nitrogens is 4. The number of β-lactam (4-membered cyclic amide) rings is 1. The van der Waals surface area contributed by atoms with Crippen molar-refractivity contribution in [3.05, 3.63) is 65.1 Å². The van der Waals surface area contributed by atoms with Crippen LogP contribution in [-0.2, 0) is 21.0 Å². The number of carbonyl (C=O) groups excluding carboxylic acids is 2. The van der Waals surface area contributed by atoms with Gasteiger partial charge in [-0.15, -0.1) is 45.1 Å². The maximum absolute atomic E-state index is 13.4. The van der Waals surface area contributed by atoms with Crippen LogP contribution < -0.4 is 50.1 Å². The van der Waals surface area contributed by atoms with Gasteiger partial charge in [0.15, 0.2) is 41.6 Å². The van der Waals surface area contributed by atoms with Gasteiger partial charge in [-0.25, -0.2) is 9.55 Å². The van der Waals surface area contributed by atoms with Crippen LogP contribution in [0.4, 0.5) is 5.13 Å². The summed E-state index contributed by atoms with van der Waals surface area (Å²) in [5.41, 5.74) is 6.27. The Hall–Kier alpha value is -3.83. The van der Waals surface area contributed by atoms with Gasteiger partial charge in [-0.3, -0.25) is 14.7 Å². The molecule has 6 rings (SSSR count). The third-order valence-corrected chi connectivity index (χ3v) is 11.1. The summed E-state index contributed by atoms with van der Waals surface area (Å²) in [6, 6.07) is 6.61. The molecule has 1 saturated heterocycles. The van der Waals surface area contributed by atoms with E-state index in [2.05, 4.69) is 25.3 Å². The van der Waals surface area contributed by atoms with E-state index in [1.807, 2.05) is 29.1 Å². The number of oxime groups is 1. The van der Waals surface area contributed by atoms with Gasteiger partial charge in [-0.1, -0.05) is 16.9 Å². The number of carboxylic acid groups (broad SMARTS) is 1. The number of benzene rings is 1. The van der Waals surface area contributed by atoms with Crippen LogP contribution >= 0.6 is 46.6 Å². The van der Waals surface area contributed by atoms with E-state index in [1.54, 1.807) is 0 Å². The number of fused-ring (bicyclic) bond motifs is 1. The fraction of sp³-hybridized carbons (Fsp3) is 0.267. The normalized spacial score (nSPS) is 17.4. The number of pyridine rings is 1. The van der Waals surface area contributed by atoms with Crippen LogP contribution in [0, 0.1) is 0 Å². The molecule has 22 heteroatoms. The Bertz CT molecular complexity index is 2020. The van der Waals surface area contributed by atoms with Crippen molar-refractivity contribution in [1.82, 2.24) is 20.1 Å². The molecule has 2 aliphatic rings. The molecular formula is C30H27N8NaO9S4. The van der Waals surface area contributed by atoms with Gasteiger partial charge >= 0.3 is 29.6 Å². The summed E-state index contributed by atoms with van der Waals surface area (Å²) in [7, 11) is 0. The Kier molecular flexibility index (Phi) is 13.5. The van der Waals surface area contributed by atoms with Crippen LogP contribution in [0.2, 0.25) is 0 Å². The second-order valence-electron chi connectivity index (χ2n) is 10.6. The number of hydrogen-bond donors (Lipinski definition) is 4. The van der Waals surface area contributed by atoms with Gasteiger partial charge in [0.05, 0.1) is 11.7 Å². The Morgan fingerprint density at radius 1 is 1.17 bits per heavy atom. The van der Waals surface area contributed by atoms with Gasteiger partial charge < -0.3 is 45.3 Å². The first kappa shape index (κ1) is 39.4. The van der Waals surface area contributed by atoms with E-state index in [-0.39, 0.29) is 99.1 Å². The molecule has 5 heterocycles. The van der Waals surface area contributed by atoms with Crippen molar-refractivity contribution < 1.29 is 78.5 Å².